The maximum absolute atomic E-state index is 13.8. The van der Waals surface area contributed by atoms with Crippen molar-refractivity contribution in [3.63, 3.8) is 0 Å². The van der Waals surface area contributed by atoms with Gasteiger partial charge in [-0.3, -0.25) is 4.79 Å². The molecule has 0 radical (unpaired) electrons. The summed E-state index contributed by atoms with van der Waals surface area (Å²) >= 11 is 0. The SMILES string of the molecule is NC(=O)C1C=C(c2ccc(F)c3cc[nH]c23)C(CO)NC1. The number of carbonyl (C=O) groups is 1. The highest BCUT2D eigenvalue weighted by molar-refractivity contribution is 5.94. The first-order valence-electron chi connectivity index (χ1n) is 6.73. The predicted octanol–water partition coefficient (Wildman–Crippen LogP) is 0.756. The molecular weight excluding hydrogens is 273 g/mol. The van der Waals surface area contributed by atoms with Crippen LogP contribution in [0.5, 0.6) is 0 Å². The number of amides is 1. The zero-order valence-electron chi connectivity index (χ0n) is 11.3. The summed E-state index contributed by atoms with van der Waals surface area (Å²) in [4.78, 5) is 14.4. The van der Waals surface area contributed by atoms with Crippen LogP contribution in [0.25, 0.3) is 16.5 Å². The molecule has 0 fully saturated rings. The minimum Gasteiger partial charge on any atom is -0.394 e. The summed E-state index contributed by atoms with van der Waals surface area (Å²) in [6.07, 6.45) is 3.42. The Morgan fingerprint density at radius 1 is 1.43 bits per heavy atom. The first kappa shape index (κ1) is 13.8. The highest BCUT2D eigenvalue weighted by atomic mass is 19.1. The Kier molecular flexibility index (Phi) is 3.48. The Bertz CT molecular complexity index is 723. The van der Waals surface area contributed by atoms with Gasteiger partial charge in [0.2, 0.25) is 5.91 Å². The molecule has 1 amide bonds. The van der Waals surface area contributed by atoms with E-state index in [1.54, 1.807) is 24.4 Å². The molecule has 0 aliphatic carbocycles. The molecule has 3 rings (SSSR count). The number of nitrogens with one attached hydrogen (secondary N) is 2. The van der Waals surface area contributed by atoms with E-state index < -0.39 is 11.8 Å². The zero-order chi connectivity index (χ0) is 15.0. The summed E-state index contributed by atoms with van der Waals surface area (Å²) in [6.45, 7) is 0.274. The number of halogens is 1. The fourth-order valence-electron chi connectivity index (χ4n) is 2.76. The number of aromatic amines is 1. The van der Waals surface area contributed by atoms with Crippen LogP contribution in [0.2, 0.25) is 0 Å². The summed E-state index contributed by atoms with van der Waals surface area (Å²) in [5.41, 5.74) is 7.51. The molecular formula is C15H16FN3O2. The number of hydrogen-bond acceptors (Lipinski definition) is 3. The number of aliphatic hydroxyl groups is 1. The summed E-state index contributed by atoms with van der Waals surface area (Å²) in [6, 6.07) is 4.38. The molecule has 5 nitrogen and oxygen atoms in total. The van der Waals surface area contributed by atoms with Gasteiger partial charge in [0.25, 0.3) is 0 Å². The van der Waals surface area contributed by atoms with Crippen molar-refractivity contribution in [2.24, 2.45) is 11.7 Å². The lowest BCUT2D eigenvalue weighted by Crippen LogP contribution is -2.44. The molecule has 110 valence electrons. The molecule has 0 saturated carbocycles. The maximum atomic E-state index is 13.8. The van der Waals surface area contributed by atoms with Crippen LogP contribution in [-0.2, 0) is 4.79 Å². The van der Waals surface area contributed by atoms with E-state index in [4.69, 9.17) is 5.73 Å². The smallest absolute Gasteiger partial charge is 0.225 e. The molecule has 1 aliphatic heterocycles. The lowest BCUT2D eigenvalue weighted by Gasteiger charge is -2.28. The topological polar surface area (TPSA) is 91.1 Å². The van der Waals surface area contributed by atoms with Crippen LogP contribution in [0, 0.1) is 11.7 Å². The second-order valence-electron chi connectivity index (χ2n) is 5.14. The van der Waals surface area contributed by atoms with Gasteiger partial charge in [0, 0.05) is 23.7 Å². The molecule has 0 bridgehead atoms. The Labute approximate surface area is 120 Å². The number of nitrogens with two attached hydrogens (primary N) is 1. The standard InChI is InChI=1S/C15H16FN3O2/c16-12-2-1-9(14-10(12)3-4-18-14)11-5-8(15(17)21)6-19-13(11)7-20/h1-5,8,13,18-20H,6-7H2,(H2,17,21). The van der Waals surface area contributed by atoms with Crippen molar-refractivity contribution in [2.45, 2.75) is 6.04 Å². The summed E-state index contributed by atoms with van der Waals surface area (Å²) in [5.74, 6) is -1.19. The number of aliphatic hydroxyl groups excluding tert-OH is 1. The molecule has 1 aliphatic rings. The fourth-order valence-corrected chi connectivity index (χ4v) is 2.76. The number of primary amides is 1. The van der Waals surface area contributed by atoms with E-state index in [9.17, 15) is 14.3 Å². The molecule has 0 spiro atoms. The van der Waals surface area contributed by atoms with Crippen molar-refractivity contribution in [3.05, 3.63) is 41.9 Å². The number of H-pyrrole nitrogens is 1. The van der Waals surface area contributed by atoms with Gasteiger partial charge >= 0.3 is 0 Å². The molecule has 0 saturated heterocycles. The number of hydrogen-bond donors (Lipinski definition) is 4. The summed E-state index contributed by atoms with van der Waals surface area (Å²) < 4.78 is 13.8. The van der Waals surface area contributed by atoms with E-state index in [-0.39, 0.29) is 18.5 Å². The Hall–Kier alpha value is -2.18. The normalized spacial score (nSPS) is 22.3. The van der Waals surface area contributed by atoms with Crippen molar-refractivity contribution in [3.8, 4) is 0 Å². The monoisotopic (exact) mass is 289 g/mol. The molecule has 6 heteroatoms. The first-order chi connectivity index (χ1) is 10.1. The van der Waals surface area contributed by atoms with Crippen molar-refractivity contribution in [2.75, 3.05) is 13.2 Å². The van der Waals surface area contributed by atoms with Crippen LogP contribution in [-0.4, -0.2) is 35.2 Å². The van der Waals surface area contributed by atoms with Crippen LogP contribution >= 0.6 is 0 Å². The average Bonchev–Trinajstić information content (AvgIpc) is 2.97. The quantitative estimate of drug-likeness (QED) is 0.672. The van der Waals surface area contributed by atoms with E-state index in [0.717, 1.165) is 11.1 Å². The van der Waals surface area contributed by atoms with E-state index >= 15 is 0 Å². The third-order valence-corrected chi connectivity index (χ3v) is 3.87. The van der Waals surface area contributed by atoms with Gasteiger partial charge in [-0.05, 0) is 23.8 Å². The highest BCUT2D eigenvalue weighted by Crippen LogP contribution is 2.30. The Balaban J connectivity index is 2.16. The predicted molar refractivity (Wildman–Crippen MR) is 77.8 cm³/mol. The minimum atomic E-state index is -0.446. The Morgan fingerprint density at radius 3 is 2.95 bits per heavy atom. The molecule has 1 aromatic heterocycles. The molecule has 2 aromatic rings. The van der Waals surface area contributed by atoms with Gasteiger partial charge in [-0.2, -0.15) is 0 Å². The summed E-state index contributed by atoms with van der Waals surface area (Å²) in [5, 5.41) is 13.1. The van der Waals surface area contributed by atoms with E-state index in [0.29, 0.717) is 17.4 Å². The summed E-state index contributed by atoms with van der Waals surface area (Å²) in [7, 11) is 0. The van der Waals surface area contributed by atoms with Crippen LogP contribution in [0.4, 0.5) is 4.39 Å². The number of rotatable bonds is 3. The number of carbonyl (C=O) groups excluding carboxylic acids is 1. The van der Waals surface area contributed by atoms with Gasteiger partial charge in [0.1, 0.15) is 5.82 Å². The van der Waals surface area contributed by atoms with Crippen LogP contribution in [0.3, 0.4) is 0 Å². The van der Waals surface area contributed by atoms with E-state index in [1.807, 2.05) is 0 Å². The number of fused-ring (bicyclic) bond motifs is 1. The fraction of sp³-hybridized carbons (Fsp3) is 0.267. The van der Waals surface area contributed by atoms with E-state index in [1.165, 1.54) is 6.07 Å². The third kappa shape index (κ3) is 2.32. The van der Waals surface area contributed by atoms with Crippen LogP contribution in [0.1, 0.15) is 5.56 Å². The van der Waals surface area contributed by atoms with Crippen molar-refractivity contribution < 1.29 is 14.3 Å². The van der Waals surface area contributed by atoms with Gasteiger partial charge in [0.05, 0.1) is 24.1 Å². The lowest BCUT2D eigenvalue weighted by atomic mass is 9.89. The second-order valence-corrected chi connectivity index (χ2v) is 5.14. The van der Waals surface area contributed by atoms with Crippen molar-refractivity contribution >= 4 is 22.4 Å². The first-order valence-corrected chi connectivity index (χ1v) is 6.73. The molecule has 2 unspecified atom stereocenters. The van der Waals surface area contributed by atoms with Crippen LogP contribution < -0.4 is 11.1 Å². The second kappa shape index (κ2) is 5.31. The van der Waals surface area contributed by atoms with Gasteiger partial charge in [-0.25, -0.2) is 4.39 Å². The number of benzene rings is 1. The zero-order valence-corrected chi connectivity index (χ0v) is 11.3. The van der Waals surface area contributed by atoms with Gasteiger partial charge < -0.3 is 21.1 Å². The molecule has 5 N–H and O–H groups in total. The van der Waals surface area contributed by atoms with Gasteiger partial charge in [-0.15, -0.1) is 0 Å². The third-order valence-electron chi connectivity index (χ3n) is 3.87. The molecule has 1 aromatic carbocycles. The molecule has 21 heavy (non-hydrogen) atoms. The molecule has 2 heterocycles. The highest BCUT2D eigenvalue weighted by Gasteiger charge is 2.27. The lowest BCUT2D eigenvalue weighted by molar-refractivity contribution is -0.120. The van der Waals surface area contributed by atoms with E-state index in [2.05, 4.69) is 10.3 Å². The Morgan fingerprint density at radius 2 is 2.24 bits per heavy atom. The van der Waals surface area contributed by atoms with Crippen LogP contribution in [0.15, 0.2) is 30.5 Å². The van der Waals surface area contributed by atoms with Crippen molar-refractivity contribution in [1.82, 2.24) is 10.3 Å². The van der Waals surface area contributed by atoms with Gasteiger partial charge in [0.15, 0.2) is 0 Å². The number of aromatic nitrogens is 1. The van der Waals surface area contributed by atoms with Crippen molar-refractivity contribution in [1.29, 1.82) is 0 Å². The maximum Gasteiger partial charge on any atom is 0.225 e. The van der Waals surface area contributed by atoms with Gasteiger partial charge in [-0.1, -0.05) is 6.08 Å². The average molecular weight is 289 g/mol. The largest absolute Gasteiger partial charge is 0.394 e. The molecule has 2 atom stereocenters. The minimum absolute atomic E-state index is 0.114.